The third-order valence-electron chi connectivity index (χ3n) is 3.98. The number of aryl methyl sites for hydroxylation is 1. The van der Waals surface area contributed by atoms with Crippen molar-refractivity contribution < 1.29 is 4.39 Å². The van der Waals surface area contributed by atoms with Gasteiger partial charge in [0.1, 0.15) is 5.82 Å². The van der Waals surface area contributed by atoms with Crippen LogP contribution in [0.1, 0.15) is 36.0 Å². The molecule has 1 saturated carbocycles. The van der Waals surface area contributed by atoms with E-state index in [9.17, 15) is 4.39 Å². The van der Waals surface area contributed by atoms with E-state index in [4.69, 9.17) is 4.99 Å². The average Bonchev–Trinajstić information content (AvgIpc) is 3.31. The molecular weight excluding hydrogens is 261 g/mol. The highest BCUT2D eigenvalue weighted by Gasteiger charge is 2.24. The second-order valence-corrected chi connectivity index (χ2v) is 5.86. The van der Waals surface area contributed by atoms with E-state index in [1.54, 1.807) is 13.0 Å². The number of hydrogen-bond donors (Lipinski definition) is 0. The number of aliphatic imine (C=N–C) groups is 1. The zero-order valence-corrected chi connectivity index (χ0v) is 12.3. The molecule has 0 unspecified atom stereocenters. The molecule has 21 heavy (non-hydrogen) atoms. The van der Waals surface area contributed by atoms with E-state index in [2.05, 4.69) is 12.1 Å². The number of rotatable bonds is 5. The standard InChI is InChI=1S/C19H20FN/c1-14-7-10-17(12-18(14)20)19(11-15-8-9-15)21-13-16-5-3-2-4-6-16/h2-7,10,12,15H,8-9,11,13H2,1H3/b21-19+. The largest absolute Gasteiger partial charge is 0.284 e. The molecule has 1 nitrogen and oxygen atoms in total. The van der Waals surface area contributed by atoms with E-state index in [-0.39, 0.29) is 5.82 Å². The number of benzene rings is 2. The fourth-order valence-electron chi connectivity index (χ4n) is 2.41. The molecule has 0 amide bonds. The van der Waals surface area contributed by atoms with Crippen LogP contribution in [0.4, 0.5) is 4.39 Å². The van der Waals surface area contributed by atoms with Gasteiger partial charge < -0.3 is 0 Å². The number of halogens is 1. The molecule has 108 valence electrons. The third-order valence-corrected chi connectivity index (χ3v) is 3.98. The predicted octanol–water partition coefficient (Wildman–Crippen LogP) is 4.92. The molecule has 2 aromatic carbocycles. The van der Waals surface area contributed by atoms with Gasteiger partial charge in [0, 0.05) is 5.71 Å². The van der Waals surface area contributed by atoms with E-state index in [0.29, 0.717) is 12.1 Å². The van der Waals surface area contributed by atoms with Gasteiger partial charge >= 0.3 is 0 Å². The Morgan fingerprint density at radius 3 is 2.57 bits per heavy atom. The van der Waals surface area contributed by atoms with E-state index < -0.39 is 0 Å². The first-order valence-electron chi connectivity index (χ1n) is 7.56. The van der Waals surface area contributed by atoms with Crippen molar-refractivity contribution in [3.05, 3.63) is 71.0 Å². The Balaban J connectivity index is 1.84. The lowest BCUT2D eigenvalue weighted by molar-refractivity contribution is 0.618. The SMILES string of the molecule is Cc1ccc(/C(CC2CC2)=N/Cc2ccccc2)cc1F. The molecule has 2 heteroatoms. The van der Waals surface area contributed by atoms with Gasteiger partial charge in [-0.05, 0) is 54.9 Å². The number of nitrogens with zero attached hydrogens (tertiary/aromatic N) is 1. The Bertz CT molecular complexity index is 642. The summed E-state index contributed by atoms with van der Waals surface area (Å²) in [4.78, 5) is 4.77. The van der Waals surface area contributed by atoms with Crippen LogP contribution in [0, 0.1) is 18.7 Å². The smallest absolute Gasteiger partial charge is 0.126 e. The van der Waals surface area contributed by atoms with Crippen molar-refractivity contribution in [2.75, 3.05) is 0 Å². The number of hydrogen-bond acceptors (Lipinski definition) is 1. The lowest BCUT2D eigenvalue weighted by Gasteiger charge is -2.08. The minimum atomic E-state index is -0.143. The molecule has 0 aromatic heterocycles. The van der Waals surface area contributed by atoms with Crippen molar-refractivity contribution >= 4 is 5.71 Å². The summed E-state index contributed by atoms with van der Waals surface area (Å²) in [5, 5.41) is 0. The summed E-state index contributed by atoms with van der Waals surface area (Å²) in [5.74, 6) is 0.597. The predicted molar refractivity (Wildman–Crippen MR) is 85.2 cm³/mol. The summed E-state index contributed by atoms with van der Waals surface area (Å²) in [6, 6.07) is 15.7. The van der Waals surface area contributed by atoms with Crippen molar-refractivity contribution in [3.63, 3.8) is 0 Å². The van der Waals surface area contributed by atoms with Crippen molar-refractivity contribution in [1.29, 1.82) is 0 Å². The van der Waals surface area contributed by atoms with Crippen LogP contribution in [0.3, 0.4) is 0 Å². The zero-order chi connectivity index (χ0) is 14.7. The second-order valence-electron chi connectivity index (χ2n) is 5.86. The minimum Gasteiger partial charge on any atom is -0.284 e. The molecule has 0 saturated heterocycles. The van der Waals surface area contributed by atoms with Gasteiger partial charge in [-0.3, -0.25) is 4.99 Å². The molecule has 0 radical (unpaired) electrons. The van der Waals surface area contributed by atoms with Crippen LogP contribution >= 0.6 is 0 Å². The molecule has 0 heterocycles. The van der Waals surface area contributed by atoms with Crippen LogP contribution in [0.25, 0.3) is 0 Å². The van der Waals surface area contributed by atoms with E-state index in [1.807, 2.05) is 30.3 Å². The molecule has 0 spiro atoms. The molecule has 1 aliphatic rings. The van der Waals surface area contributed by atoms with Crippen molar-refractivity contribution in [1.82, 2.24) is 0 Å². The molecule has 0 N–H and O–H groups in total. The van der Waals surface area contributed by atoms with Crippen LogP contribution in [0.15, 0.2) is 53.5 Å². The molecule has 0 aliphatic heterocycles. The Morgan fingerprint density at radius 1 is 1.14 bits per heavy atom. The first-order valence-corrected chi connectivity index (χ1v) is 7.56. The van der Waals surface area contributed by atoms with Crippen LogP contribution < -0.4 is 0 Å². The van der Waals surface area contributed by atoms with Gasteiger partial charge in [-0.1, -0.05) is 42.5 Å². The van der Waals surface area contributed by atoms with E-state index >= 15 is 0 Å². The molecule has 3 rings (SSSR count). The van der Waals surface area contributed by atoms with E-state index in [0.717, 1.165) is 23.6 Å². The van der Waals surface area contributed by atoms with Gasteiger partial charge in [0.25, 0.3) is 0 Å². The highest BCUT2D eigenvalue weighted by molar-refractivity contribution is 6.00. The molecule has 0 atom stereocenters. The maximum Gasteiger partial charge on any atom is 0.126 e. The summed E-state index contributed by atoms with van der Waals surface area (Å²) < 4.78 is 13.8. The van der Waals surface area contributed by atoms with Gasteiger partial charge in [0.15, 0.2) is 0 Å². The highest BCUT2D eigenvalue weighted by atomic mass is 19.1. The zero-order valence-electron chi connectivity index (χ0n) is 12.3. The molecular formula is C19H20FN. The lowest BCUT2D eigenvalue weighted by atomic mass is 10.0. The summed E-state index contributed by atoms with van der Waals surface area (Å²) in [6.07, 6.45) is 3.52. The summed E-state index contributed by atoms with van der Waals surface area (Å²) in [7, 11) is 0. The summed E-state index contributed by atoms with van der Waals surface area (Å²) >= 11 is 0. The molecule has 1 aliphatic carbocycles. The molecule has 0 bridgehead atoms. The quantitative estimate of drug-likeness (QED) is 0.689. The Labute approximate surface area is 125 Å². The van der Waals surface area contributed by atoms with Gasteiger partial charge in [-0.2, -0.15) is 0 Å². The van der Waals surface area contributed by atoms with Gasteiger partial charge in [-0.15, -0.1) is 0 Å². The highest BCUT2D eigenvalue weighted by Crippen LogP contribution is 2.34. The fraction of sp³-hybridized carbons (Fsp3) is 0.316. The minimum absolute atomic E-state index is 0.143. The van der Waals surface area contributed by atoms with Crippen LogP contribution in [0.5, 0.6) is 0 Å². The van der Waals surface area contributed by atoms with Crippen molar-refractivity contribution in [3.8, 4) is 0 Å². The van der Waals surface area contributed by atoms with E-state index in [1.165, 1.54) is 18.4 Å². The Hall–Kier alpha value is -1.96. The maximum absolute atomic E-state index is 13.8. The third kappa shape index (κ3) is 3.78. The van der Waals surface area contributed by atoms with Crippen molar-refractivity contribution in [2.24, 2.45) is 10.9 Å². The van der Waals surface area contributed by atoms with Gasteiger partial charge in [0.05, 0.1) is 6.54 Å². The normalized spacial score (nSPS) is 15.2. The topological polar surface area (TPSA) is 12.4 Å². The average molecular weight is 281 g/mol. The van der Waals surface area contributed by atoms with Crippen LogP contribution in [0.2, 0.25) is 0 Å². The van der Waals surface area contributed by atoms with Crippen molar-refractivity contribution in [2.45, 2.75) is 32.7 Å². The lowest BCUT2D eigenvalue weighted by Crippen LogP contribution is -2.04. The Morgan fingerprint density at radius 2 is 1.90 bits per heavy atom. The first-order chi connectivity index (χ1) is 10.2. The molecule has 1 fully saturated rings. The fourth-order valence-corrected chi connectivity index (χ4v) is 2.41. The van der Waals surface area contributed by atoms with Gasteiger partial charge in [-0.25, -0.2) is 4.39 Å². The maximum atomic E-state index is 13.8. The van der Waals surface area contributed by atoms with Crippen LogP contribution in [-0.2, 0) is 6.54 Å². The first kappa shape index (κ1) is 14.0. The Kier molecular flexibility index (Phi) is 4.14. The van der Waals surface area contributed by atoms with Gasteiger partial charge in [0.2, 0.25) is 0 Å². The summed E-state index contributed by atoms with van der Waals surface area (Å²) in [5.41, 5.74) is 3.85. The molecule has 2 aromatic rings. The second kappa shape index (κ2) is 6.21. The monoisotopic (exact) mass is 281 g/mol. The summed E-state index contributed by atoms with van der Waals surface area (Å²) in [6.45, 7) is 2.46. The van der Waals surface area contributed by atoms with Crippen LogP contribution in [-0.4, -0.2) is 5.71 Å².